The van der Waals surface area contributed by atoms with Gasteiger partial charge in [-0.1, -0.05) is 23.7 Å². The van der Waals surface area contributed by atoms with E-state index in [1.807, 2.05) is 22.9 Å². The molecule has 3 rings (SSSR count). The van der Waals surface area contributed by atoms with Crippen LogP contribution < -0.4 is 5.32 Å². The molecular formula is C14H8ClFN2OS2. The molecule has 7 heteroatoms. The third-order valence-corrected chi connectivity index (χ3v) is 4.65. The highest BCUT2D eigenvalue weighted by Crippen LogP contribution is 2.29. The summed E-state index contributed by atoms with van der Waals surface area (Å²) in [4.78, 5) is 17.4. The molecule has 0 aliphatic heterocycles. The van der Waals surface area contributed by atoms with Crippen LogP contribution >= 0.6 is 34.3 Å². The van der Waals surface area contributed by atoms with Gasteiger partial charge in [-0.2, -0.15) is 0 Å². The molecule has 21 heavy (non-hydrogen) atoms. The molecule has 3 aromatic rings. The van der Waals surface area contributed by atoms with E-state index in [0.717, 1.165) is 10.6 Å². The van der Waals surface area contributed by atoms with Gasteiger partial charge >= 0.3 is 0 Å². The maximum atomic E-state index is 13.7. The third-order valence-electron chi connectivity index (χ3n) is 2.69. The Hall–Kier alpha value is -1.76. The van der Waals surface area contributed by atoms with E-state index in [1.165, 1.54) is 29.5 Å². The number of carbonyl (C=O) groups excluding carboxylic acids is 1. The van der Waals surface area contributed by atoms with E-state index < -0.39 is 11.7 Å². The van der Waals surface area contributed by atoms with Crippen molar-refractivity contribution in [2.45, 2.75) is 0 Å². The minimum Gasteiger partial charge on any atom is -0.298 e. The molecular weight excluding hydrogens is 331 g/mol. The minimum absolute atomic E-state index is 0.0718. The number of thiophene rings is 1. The number of thiazole rings is 1. The second kappa shape index (κ2) is 5.93. The number of rotatable bonds is 3. The van der Waals surface area contributed by atoms with Gasteiger partial charge in [0.2, 0.25) is 0 Å². The van der Waals surface area contributed by atoms with Crippen LogP contribution in [0.3, 0.4) is 0 Å². The van der Waals surface area contributed by atoms with Gasteiger partial charge in [-0.05, 0) is 23.6 Å². The Morgan fingerprint density at radius 1 is 1.24 bits per heavy atom. The number of anilines is 1. The second-order valence-corrected chi connectivity index (χ2v) is 6.28. The van der Waals surface area contributed by atoms with Crippen LogP contribution in [0.15, 0.2) is 41.1 Å². The fraction of sp³-hybridized carbons (Fsp3) is 0. The van der Waals surface area contributed by atoms with Crippen LogP contribution in [0.4, 0.5) is 9.52 Å². The lowest BCUT2D eigenvalue weighted by Gasteiger charge is -2.04. The normalized spacial score (nSPS) is 10.6. The minimum atomic E-state index is -0.657. The van der Waals surface area contributed by atoms with Crippen molar-refractivity contribution in [2.75, 3.05) is 5.32 Å². The molecule has 2 aromatic heterocycles. The number of halogens is 2. The molecule has 0 fully saturated rings. The van der Waals surface area contributed by atoms with Gasteiger partial charge in [0.05, 0.1) is 21.2 Å². The zero-order valence-corrected chi connectivity index (χ0v) is 12.9. The average molecular weight is 339 g/mol. The van der Waals surface area contributed by atoms with Gasteiger partial charge in [0.1, 0.15) is 5.82 Å². The summed E-state index contributed by atoms with van der Waals surface area (Å²) in [5.74, 6) is -1.26. The number of carbonyl (C=O) groups is 1. The number of nitrogens with one attached hydrogen (secondary N) is 1. The predicted molar refractivity (Wildman–Crippen MR) is 84.8 cm³/mol. The Labute approximate surface area is 133 Å². The summed E-state index contributed by atoms with van der Waals surface area (Å²) >= 11 is 8.70. The Morgan fingerprint density at radius 2 is 2.10 bits per heavy atom. The first-order chi connectivity index (χ1) is 10.1. The van der Waals surface area contributed by atoms with Crippen molar-refractivity contribution in [3.8, 4) is 10.6 Å². The zero-order valence-electron chi connectivity index (χ0n) is 10.5. The molecule has 0 aliphatic carbocycles. The van der Waals surface area contributed by atoms with Crippen molar-refractivity contribution in [3.05, 3.63) is 57.5 Å². The first-order valence-electron chi connectivity index (χ1n) is 5.90. The Bertz CT molecular complexity index is 766. The summed E-state index contributed by atoms with van der Waals surface area (Å²) in [6.07, 6.45) is 0. The van der Waals surface area contributed by atoms with Crippen LogP contribution in [0.25, 0.3) is 10.6 Å². The number of amides is 1. The third kappa shape index (κ3) is 2.97. The molecule has 0 spiro atoms. The molecule has 0 saturated carbocycles. The summed E-state index contributed by atoms with van der Waals surface area (Å²) in [5, 5.41) is 6.84. The van der Waals surface area contributed by atoms with E-state index in [0.29, 0.717) is 5.13 Å². The standard InChI is InChI=1S/C14H8ClFN2OS2/c15-8-3-1-4-9(16)12(8)13(19)18-14-17-10(7-21-14)11-5-2-6-20-11/h1-7H,(H,17,18,19). The maximum Gasteiger partial charge on any atom is 0.261 e. The van der Waals surface area contributed by atoms with E-state index in [9.17, 15) is 9.18 Å². The van der Waals surface area contributed by atoms with Gasteiger partial charge in [-0.15, -0.1) is 22.7 Å². The van der Waals surface area contributed by atoms with Crippen molar-refractivity contribution in [1.82, 2.24) is 4.98 Å². The van der Waals surface area contributed by atoms with Gasteiger partial charge in [0, 0.05) is 5.38 Å². The molecule has 0 radical (unpaired) electrons. The molecule has 3 nitrogen and oxygen atoms in total. The summed E-state index contributed by atoms with van der Waals surface area (Å²) in [5.41, 5.74) is 0.608. The quantitative estimate of drug-likeness (QED) is 0.736. The monoisotopic (exact) mass is 338 g/mol. The number of hydrogen-bond acceptors (Lipinski definition) is 4. The van der Waals surface area contributed by atoms with Gasteiger partial charge in [-0.25, -0.2) is 9.37 Å². The molecule has 0 bridgehead atoms. The fourth-order valence-electron chi connectivity index (χ4n) is 1.74. The summed E-state index contributed by atoms with van der Waals surface area (Å²) in [6, 6.07) is 7.99. The molecule has 0 unspecified atom stereocenters. The number of nitrogens with zero attached hydrogens (tertiary/aromatic N) is 1. The highest BCUT2D eigenvalue weighted by atomic mass is 35.5. The number of aromatic nitrogens is 1. The summed E-state index contributed by atoms with van der Waals surface area (Å²) in [6.45, 7) is 0. The highest BCUT2D eigenvalue weighted by Gasteiger charge is 2.17. The summed E-state index contributed by atoms with van der Waals surface area (Å²) < 4.78 is 13.7. The molecule has 1 aromatic carbocycles. The molecule has 0 aliphatic rings. The largest absolute Gasteiger partial charge is 0.298 e. The first kappa shape index (κ1) is 14.2. The van der Waals surface area contributed by atoms with E-state index >= 15 is 0 Å². The van der Waals surface area contributed by atoms with Crippen molar-refractivity contribution < 1.29 is 9.18 Å². The lowest BCUT2D eigenvalue weighted by molar-refractivity contribution is 0.102. The van der Waals surface area contributed by atoms with Crippen LogP contribution in [0.2, 0.25) is 5.02 Å². The molecule has 1 N–H and O–H groups in total. The fourth-order valence-corrected chi connectivity index (χ4v) is 3.46. The highest BCUT2D eigenvalue weighted by molar-refractivity contribution is 7.16. The predicted octanol–water partition coefficient (Wildman–Crippen LogP) is 4.92. The average Bonchev–Trinajstić information content (AvgIpc) is 3.08. The summed E-state index contributed by atoms with van der Waals surface area (Å²) in [7, 11) is 0. The van der Waals surface area contributed by atoms with Gasteiger partial charge in [0.25, 0.3) is 5.91 Å². The maximum absolute atomic E-state index is 13.7. The molecule has 106 valence electrons. The van der Waals surface area contributed by atoms with Crippen molar-refractivity contribution in [1.29, 1.82) is 0 Å². The molecule has 0 atom stereocenters. The smallest absolute Gasteiger partial charge is 0.261 e. The second-order valence-electron chi connectivity index (χ2n) is 4.07. The first-order valence-corrected chi connectivity index (χ1v) is 8.03. The van der Waals surface area contributed by atoms with Gasteiger partial charge in [0.15, 0.2) is 5.13 Å². The van der Waals surface area contributed by atoms with Crippen LogP contribution in [0.5, 0.6) is 0 Å². The van der Waals surface area contributed by atoms with Crippen molar-refractivity contribution >= 4 is 45.3 Å². The van der Waals surface area contributed by atoms with Crippen LogP contribution in [0.1, 0.15) is 10.4 Å². The SMILES string of the molecule is O=C(Nc1nc(-c2cccs2)cs1)c1c(F)cccc1Cl. The zero-order chi connectivity index (χ0) is 14.8. The lowest BCUT2D eigenvalue weighted by atomic mass is 10.2. The topological polar surface area (TPSA) is 42.0 Å². The van der Waals surface area contributed by atoms with Crippen molar-refractivity contribution in [2.24, 2.45) is 0 Å². The van der Waals surface area contributed by atoms with Crippen LogP contribution in [-0.4, -0.2) is 10.9 Å². The molecule has 0 saturated heterocycles. The number of hydrogen-bond donors (Lipinski definition) is 1. The van der Waals surface area contributed by atoms with E-state index in [-0.39, 0.29) is 10.6 Å². The Morgan fingerprint density at radius 3 is 2.81 bits per heavy atom. The van der Waals surface area contributed by atoms with Gasteiger partial charge < -0.3 is 0 Å². The molecule has 1 amide bonds. The van der Waals surface area contributed by atoms with Crippen LogP contribution in [-0.2, 0) is 0 Å². The van der Waals surface area contributed by atoms with E-state index in [1.54, 1.807) is 11.3 Å². The van der Waals surface area contributed by atoms with E-state index in [2.05, 4.69) is 10.3 Å². The van der Waals surface area contributed by atoms with Crippen molar-refractivity contribution in [3.63, 3.8) is 0 Å². The Balaban J connectivity index is 1.82. The Kier molecular flexibility index (Phi) is 4.01. The molecule has 2 heterocycles. The van der Waals surface area contributed by atoms with E-state index in [4.69, 9.17) is 11.6 Å². The number of benzene rings is 1. The van der Waals surface area contributed by atoms with Gasteiger partial charge in [-0.3, -0.25) is 10.1 Å². The van der Waals surface area contributed by atoms with Crippen LogP contribution in [0, 0.1) is 5.82 Å². The lowest BCUT2D eigenvalue weighted by Crippen LogP contribution is -2.14.